The van der Waals surface area contributed by atoms with Crippen LogP contribution in [0.3, 0.4) is 0 Å². The van der Waals surface area contributed by atoms with Crippen molar-refractivity contribution in [2.24, 2.45) is 5.41 Å². The molecule has 0 unspecified atom stereocenters. The Labute approximate surface area is 173 Å². The number of nitrogens with one attached hydrogen (secondary N) is 1. The van der Waals surface area contributed by atoms with Crippen LogP contribution in [0.2, 0.25) is 0 Å². The summed E-state index contributed by atoms with van der Waals surface area (Å²) < 4.78 is 5.27. The number of aliphatic carboxylic acids is 1. The Balaban J connectivity index is 2.96. The molecule has 1 fully saturated rings. The fourth-order valence-corrected chi connectivity index (χ4v) is 3.35. The van der Waals surface area contributed by atoms with E-state index in [1.807, 2.05) is 6.08 Å². The highest BCUT2D eigenvalue weighted by molar-refractivity contribution is 5.90. The second-order valence-electron chi connectivity index (χ2n) is 9.46. The molecule has 29 heavy (non-hydrogen) atoms. The Hall–Kier alpha value is -2.09. The largest absolute Gasteiger partial charge is 0.480 e. The zero-order valence-electron chi connectivity index (χ0n) is 18.2. The predicted molar refractivity (Wildman–Crippen MR) is 109 cm³/mol. The van der Waals surface area contributed by atoms with Gasteiger partial charge in [0, 0.05) is 13.0 Å². The first kappa shape index (κ1) is 24.9. The number of ether oxygens (including phenoxy) is 1. The second-order valence-corrected chi connectivity index (χ2v) is 9.46. The topological polar surface area (TPSA) is 116 Å². The van der Waals surface area contributed by atoms with Gasteiger partial charge in [0.1, 0.15) is 17.7 Å². The van der Waals surface area contributed by atoms with Crippen LogP contribution in [0.5, 0.6) is 0 Å². The molecule has 0 radical (unpaired) electrons. The van der Waals surface area contributed by atoms with Gasteiger partial charge in [-0.2, -0.15) is 0 Å². The van der Waals surface area contributed by atoms with E-state index in [0.717, 1.165) is 17.7 Å². The molecule has 1 aliphatic rings. The van der Waals surface area contributed by atoms with Crippen LogP contribution >= 0.6 is 0 Å². The van der Waals surface area contributed by atoms with Crippen LogP contribution in [0.1, 0.15) is 66.7 Å². The predicted octanol–water partition coefficient (Wildman–Crippen LogP) is 2.70. The van der Waals surface area contributed by atoms with E-state index >= 15 is 0 Å². The van der Waals surface area contributed by atoms with Crippen LogP contribution < -0.4 is 5.32 Å². The molecule has 1 saturated heterocycles. The van der Waals surface area contributed by atoms with Crippen LogP contribution in [-0.4, -0.2) is 63.4 Å². The number of carbonyl (C=O) groups excluding carboxylic acids is 2. The minimum absolute atomic E-state index is 0.0228. The quantitative estimate of drug-likeness (QED) is 0.502. The summed E-state index contributed by atoms with van der Waals surface area (Å²) in [6, 6.07) is -2.03. The molecule has 0 saturated carbocycles. The first-order valence-electron chi connectivity index (χ1n) is 10.1. The van der Waals surface area contributed by atoms with E-state index in [4.69, 9.17) is 4.74 Å². The smallest absolute Gasteiger partial charge is 0.408 e. The Bertz CT molecular complexity index is 611. The van der Waals surface area contributed by atoms with E-state index in [-0.39, 0.29) is 18.4 Å². The van der Waals surface area contributed by atoms with E-state index in [1.54, 1.807) is 20.8 Å². The molecule has 0 aromatic carbocycles. The number of hydrogen-bond donors (Lipinski definition) is 3. The number of β-amino-alcohol motifs (C(OH)–C–C–N with tert-alkyl or cyclic N) is 1. The van der Waals surface area contributed by atoms with Crippen molar-refractivity contribution in [3.8, 4) is 0 Å². The molecule has 1 aliphatic heterocycles. The van der Waals surface area contributed by atoms with Crippen molar-refractivity contribution < 1.29 is 29.3 Å². The summed E-state index contributed by atoms with van der Waals surface area (Å²) in [5.74, 6) is -1.68. The van der Waals surface area contributed by atoms with Crippen molar-refractivity contribution in [2.75, 3.05) is 6.54 Å². The highest BCUT2D eigenvalue weighted by Crippen LogP contribution is 2.30. The zero-order chi connectivity index (χ0) is 22.4. The molecule has 0 aromatic heterocycles. The zero-order valence-corrected chi connectivity index (χ0v) is 18.2. The van der Waals surface area contributed by atoms with E-state index in [1.165, 1.54) is 0 Å². The number of carboxylic acids is 1. The van der Waals surface area contributed by atoms with Crippen LogP contribution in [0, 0.1) is 5.41 Å². The molecule has 3 atom stereocenters. The third-order valence-corrected chi connectivity index (χ3v) is 4.97. The SMILES string of the molecule is C=CCCC(C)(C)CC[C@H](NC(=O)OC(C)(C)C)C(=O)N1C[C@@H](O)C[C@H]1C(=O)O. The summed E-state index contributed by atoms with van der Waals surface area (Å²) in [6.07, 6.45) is 2.88. The maximum atomic E-state index is 13.1. The van der Waals surface area contributed by atoms with Gasteiger partial charge in [0.15, 0.2) is 0 Å². The monoisotopic (exact) mass is 412 g/mol. The standard InChI is InChI=1S/C21H36N2O6/c1-7-8-10-21(5,6)11-9-15(22-19(28)29-20(2,3)4)17(25)23-13-14(24)12-16(23)18(26)27/h7,14-16,24H,1,8-13H2,2-6H3,(H,22,28)(H,26,27)/t14-,15-,16-/m0/s1. The highest BCUT2D eigenvalue weighted by atomic mass is 16.6. The van der Waals surface area contributed by atoms with Gasteiger partial charge in [-0.3, -0.25) is 4.79 Å². The van der Waals surface area contributed by atoms with E-state index < -0.39 is 41.8 Å². The molecule has 8 nitrogen and oxygen atoms in total. The summed E-state index contributed by atoms with van der Waals surface area (Å²) in [5.41, 5.74) is -0.812. The van der Waals surface area contributed by atoms with Gasteiger partial charge in [-0.05, 0) is 51.9 Å². The third-order valence-electron chi connectivity index (χ3n) is 4.97. The van der Waals surface area contributed by atoms with E-state index in [2.05, 4.69) is 25.7 Å². The Morgan fingerprint density at radius 1 is 1.24 bits per heavy atom. The average molecular weight is 413 g/mol. The van der Waals surface area contributed by atoms with Crippen LogP contribution in [-0.2, 0) is 14.3 Å². The fourth-order valence-electron chi connectivity index (χ4n) is 3.35. The molecule has 0 spiro atoms. The summed E-state index contributed by atoms with van der Waals surface area (Å²) in [7, 11) is 0. The van der Waals surface area contributed by atoms with Crippen molar-refractivity contribution in [1.82, 2.24) is 10.2 Å². The van der Waals surface area contributed by atoms with Crippen LogP contribution in [0.25, 0.3) is 0 Å². The van der Waals surface area contributed by atoms with Gasteiger partial charge in [-0.1, -0.05) is 19.9 Å². The number of aliphatic hydroxyl groups is 1. The second kappa shape index (κ2) is 10.1. The Kier molecular flexibility index (Phi) is 8.68. The first-order chi connectivity index (χ1) is 13.3. The summed E-state index contributed by atoms with van der Waals surface area (Å²) in [4.78, 5) is 38.0. The van der Waals surface area contributed by atoms with Gasteiger partial charge >= 0.3 is 12.1 Å². The number of alkyl carbamates (subject to hydrolysis) is 1. The number of amides is 2. The molecule has 1 heterocycles. The molecule has 2 amide bonds. The number of carboxylic acid groups (broad SMARTS) is 1. The van der Waals surface area contributed by atoms with Crippen molar-refractivity contribution >= 4 is 18.0 Å². The number of hydrogen-bond acceptors (Lipinski definition) is 5. The number of carbonyl (C=O) groups is 3. The first-order valence-corrected chi connectivity index (χ1v) is 10.1. The maximum Gasteiger partial charge on any atom is 0.408 e. The number of rotatable bonds is 9. The summed E-state index contributed by atoms with van der Waals surface area (Å²) in [6.45, 7) is 13.0. The molecular weight excluding hydrogens is 376 g/mol. The lowest BCUT2D eigenvalue weighted by atomic mass is 9.82. The molecule has 8 heteroatoms. The van der Waals surface area contributed by atoms with Gasteiger partial charge in [0.05, 0.1) is 6.10 Å². The van der Waals surface area contributed by atoms with Crippen molar-refractivity contribution in [3.05, 3.63) is 12.7 Å². The molecule has 1 rings (SSSR count). The van der Waals surface area contributed by atoms with Crippen LogP contribution in [0.15, 0.2) is 12.7 Å². The molecule has 3 N–H and O–H groups in total. The fraction of sp³-hybridized carbons (Fsp3) is 0.762. The van der Waals surface area contributed by atoms with Gasteiger partial charge in [0.2, 0.25) is 5.91 Å². The lowest BCUT2D eigenvalue weighted by molar-refractivity contribution is -0.149. The minimum atomic E-state index is -1.17. The highest BCUT2D eigenvalue weighted by Gasteiger charge is 2.42. The molecule has 0 aliphatic carbocycles. The van der Waals surface area contributed by atoms with Crippen molar-refractivity contribution in [3.63, 3.8) is 0 Å². The van der Waals surface area contributed by atoms with Gasteiger partial charge in [0.25, 0.3) is 0 Å². The van der Waals surface area contributed by atoms with Gasteiger partial charge < -0.3 is 25.2 Å². The third kappa shape index (κ3) is 8.43. The maximum absolute atomic E-state index is 13.1. The van der Waals surface area contributed by atoms with Crippen molar-refractivity contribution in [1.29, 1.82) is 0 Å². The number of likely N-dealkylation sites (tertiary alicyclic amines) is 1. The Morgan fingerprint density at radius 3 is 2.38 bits per heavy atom. The molecular formula is C21H36N2O6. The lowest BCUT2D eigenvalue weighted by Crippen LogP contribution is -2.52. The molecule has 0 aromatic rings. The summed E-state index contributed by atoms with van der Waals surface area (Å²) >= 11 is 0. The van der Waals surface area contributed by atoms with E-state index in [0.29, 0.717) is 12.8 Å². The number of aliphatic hydroxyl groups excluding tert-OH is 1. The lowest BCUT2D eigenvalue weighted by Gasteiger charge is -2.31. The molecule has 166 valence electrons. The van der Waals surface area contributed by atoms with Gasteiger partial charge in [-0.25, -0.2) is 9.59 Å². The Morgan fingerprint density at radius 2 is 1.86 bits per heavy atom. The number of nitrogens with zero attached hydrogens (tertiary/aromatic N) is 1. The minimum Gasteiger partial charge on any atom is -0.480 e. The number of allylic oxidation sites excluding steroid dienone is 1. The average Bonchev–Trinajstić information content (AvgIpc) is 2.96. The van der Waals surface area contributed by atoms with Crippen molar-refractivity contribution in [2.45, 2.75) is 90.5 Å². The normalized spacial score (nSPS) is 20.8. The van der Waals surface area contributed by atoms with E-state index in [9.17, 15) is 24.6 Å². The summed E-state index contributed by atoms with van der Waals surface area (Å²) in [5, 5.41) is 21.9. The van der Waals surface area contributed by atoms with Gasteiger partial charge in [-0.15, -0.1) is 6.58 Å². The molecule has 0 bridgehead atoms. The van der Waals surface area contributed by atoms with Crippen LogP contribution in [0.4, 0.5) is 4.79 Å².